The number of hydrogen-bond acceptors (Lipinski definition) is 6. The monoisotopic (exact) mass is 345 g/mol. The molecule has 0 spiro atoms. The number of nitrogens with one attached hydrogen (secondary N) is 1. The van der Waals surface area contributed by atoms with Crippen molar-refractivity contribution in [3.05, 3.63) is 41.1 Å². The van der Waals surface area contributed by atoms with E-state index in [4.69, 9.17) is 25.5 Å². The Morgan fingerprint density at radius 1 is 0.917 bits per heavy atom. The molecule has 130 valence electrons. The largest absolute Gasteiger partial charge is 0.499 e. The molecule has 1 rings (SSSR count). The van der Waals surface area contributed by atoms with Crippen molar-refractivity contribution in [1.82, 2.24) is 0 Å². The van der Waals surface area contributed by atoms with E-state index < -0.39 is 41.2 Å². The van der Waals surface area contributed by atoms with Crippen molar-refractivity contribution in [2.45, 2.75) is 6.92 Å². The van der Waals surface area contributed by atoms with E-state index in [1.165, 1.54) is 19.1 Å². The van der Waals surface area contributed by atoms with E-state index in [1.807, 2.05) is 0 Å². The van der Waals surface area contributed by atoms with Crippen LogP contribution in [-0.4, -0.2) is 49.3 Å². The zero-order valence-corrected chi connectivity index (χ0v) is 12.0. The first-order valence-electron chi connectivity index (χ1n) is 5.86. The van der Waals surface area contributed by atoms with E-state index in [1.54, 1.807) is 0 Å². The fourth-order valence-electron chi connectivity index (χ4n) is 1.14. The molecule has 0 heterocycles. The molecule has 0 aliphatic rings. The number of aliphatic carboxylic acids is 2. The number of aliphatic hydroxyl groups excluding tert-OH is 2. The van der Waals surface area contributed by atoms with Gasteiger partial charge in [-0.25, -0.2) is 18.8 Å². The maximum atomic E-state index is 13.1. The van der Waals surface area contributed by atoms with Crippen LogP contribution in [0.3, 0.4) is 0 Å². The lowest BCUT2D eigenvalue weighted by Gasteiger charge is -2.03. The Kier molecular flexibility index (Phi) is 7.41. The molecule has 0 aromatic heterocycles. The standard InChI is InChI=1S/C9H8FNO3.C4H4O6/c1-5(12)11-8-3-2-6(9(13)14)4-7(8)10;5-1(3(7)8)2(6)4(9)10/h2-4H,1H3,(H,11,12)(H,13,14);5-6H,(H,7,8)(H,9,10). The van der Waals surface area contributed by atoms with Crippen molar-refractivity contribution >= 4 is 29.5 Å². The number of anilines is 1. The lowest BCUT2D eigenvalue weighted by molar-refractivity contribution is -0.140. The molecule has 10 nitrogen and oxygen atoms in total. The molecule has 0 bridgehead atoms. The number of carbonyl (C=O) groups is 4. The average Bonchev–Trinajstić information content (AvgIpc) is 2.47. The minimum atomic E-state index is -1.89. The first-order chi connectivity index (χ1) is 11.0. The minimum Gasteiger partial charge on any atom is -0.499 e. The molecule has 0 aliphatic heterocycles. The van der Waals surface area contributed by atoms with Gasteiger partial charge in [0, 0.05) is 6.92 Å². The fraction of sp³-hybridized carbons (Fsp3) is 0.0769. The van der Waals surface area contributed by atoms with Gasteiger partial charge >= 0.3 is 17.9 Å². The summed E-state index contributed by atoms with van der Waals surface area (Å²) < 4.78 is 13.1. The third-order valence-corrected chi connectivity index (χ3v) is 2.16. The van der Waals surface area contributed by atoms with Gasteiger partial charge in [0.2, 0.25) is 5.91 Å². The zero-order chi connectivity index (χ0) is 19.0. The van der Waals surface area contributed by atoms with Crippen molar-refractivity contribution < 1.29 is 49.1 Å². The first-order valence-corrected chi connectivity index (χ1v) is 5.86. The van der Waals surface area contributed by atoms with E-state index in [9.17, 15) is 23.6 Å². The second-order valence-corrected chi connectivity index (χ2v) is 3.99. The zero-order valence-electron chi connectivity index (χ0n) is 12.0. The number of aromatic carboxylic acids is 1. The molecule has 6 N–H and O–H groups in total. The van der Waals surface area contributed by atoms with E-state index in [0.29, 0.717) is 0 Å². The number of aliphatic hydroxyl groups is 2. The van der Waals surface area contributed by atoms with E-state index in [2.05, 4.69) is 5.32 Å². The highest BCUT2D eigenvalue weighted by Gasteiger charge is 2.17. The molecular weight excluding hydrogens is 333 g/mol. The molecule has 1 amide bonds. The average molecular weight is 345 g/mol. The van der Waals surface area contributed by atoms with E-state index in [-0.39, 0.29) is 11.3 Å². The summed E-state index contributed by atoms with van der Waals surface area (Å²) in [6, 6.07) is 3.28. The fourth-order valence-corrected chi connectivity index (χ4v) is 1.14. The van der Waals surface area contributed by atoms with Crippen molar-refractivity contribution in [1.29, 1.82) is 0 Å². The first kappa shape index (κ1) is 20.4. The summed E-state index contributed by atoms with van der Waals surface area (Å²) >= 11 is 0. The van der Waals surface area contributed by atoms with Gasteiger partial charge in [0.1, 0.15) is 5.82 Å². The topological polar surface area (TPSA) is 181 Å². The number of halogens is 1. The highest BCUT2D eigenvalue weighted by Crippen LogP contribution is 2.15. The molecule has 0 saturated heterocycles. The van der Waals surface area contributed by atoms with Crippen molar-refractivity contribution in [3.8, 4) is 0 Å². The highest BCUT2D eigenvalue weighted by molar-refractivity contribution is 5.95. The number of carboxylic acids is 3. The number of hydrogen-bond donors (Lipinski definition) is 6. The van der Waals surface area contributed by atoms with Gasteiger partial charge in [0.25, 0.3) is 11.5 Å². The predicted molar refractivity (Wildman–Crippen MR) is 75.2 cm³/mol. The molecule has 0 radical (unpaired) electrons. The smallest absolute Gasteiger partial charge is 0.375 e. The summed E-state index contributed by atoms with van der Waals surface area (Å²) in [4.78, 5) is 40.5. The van der Waals surface area contributed by atoms with Gasteiger partial charge in [-0.15, -0.1) is 0 Å². The molecule has 0 unspecified atom stereocenters. The van der Waals surface area contributed by atoms with Gasteiger partial charge in [-0.3, -0.25) is 4.79 Å². The van der Waals surface area contributed by atoms with Gasteiger partial charge in [0.05, 0.1) is 11.3 Å². The summed E-state index contributed by atoms with van der Waals surface area (Å²) in [6.07, 6.45) is 0. The molecule has 0 saturated carbocycles. The molecule has 0 atom stereocenters. The van der Waals surface area contributed by atoms with Crippen LogP contribution in [0.5, 0.6) is 0 Å². The maximum absolute atomic E-state index is 13.1. The quantitative estimate of drug-likeness (QED) is 0.342. The van der Waals surface area contributed by atoms with Gasteiger partial charge in [0.15, 0.2) is 0 Å². The van der Waals surface area contributed by atoms with Crippen LogP contribution in [0.15, 0.2) is 29.7 Å². The minimum absolute atomic E-state index is 0.0255. The number of benzene rings is 1. The van der Waals surface area contributed by atoms with Crippen LogP contribution in [0, 0.1) is 5.82 Å². The third-order valence-electron chi connectivity index (χ3n) is 2.16. The summed E-state index contributed by atoms with van der Waals surface area (Å²) in [5.41, 5.74) is -0.181. The highest BCUT2D eigenvalue weighted by atomic mass is 19.1. The van der Waals surface area contributed by atoms with Crippen molar-refractivity contribution in [3.63, 3.8) is 0 Å². The van der Waals surface area contributed by atoms with Crippen molar-refractivity contribution in [2.75, 3.05) is 5.32 Å². The summed E-state index contributed by atoms with van der Waals surface area (Å²) in [5, 5.41) is 42.9. The lowest BCUT2D eigenvalue weighted by atomic mass is 10.2. The predicted octanol–water partition coefficient (Wildman–Crippen LogP) is 0.965. The summed E-state index contributed by atoms with van der Waals surface area (Å²) in [6.45, 7) is 1.24. The van der Waals surface area contributed by atoms with Crippen LogP contribution < -0.4 is 5.32 Å². The Morgan fingerprint density at radius 3 is 1.67 bits per heavy atom. The van der Waals surface area contributed by atoms with Crippen LogP contribution in [-0.2, 0) is 14.4 Å². The SMILES string of the molecule is CC(=O)Nc1ccc(C(=O)O)cc1F.O=C(O)C(O)=C(O)C(=O)O. The molecule has 0 aliphatic carbocycles. The van der Waals surface area contributed by atoms with Crippen LogP contribution in [0.2, 0.25) is 0 Å². The van der Waals surface area contributed by atoms with E-state index >= 15 is 0 Å². The molecule has 0 fully saturated rings. The molecule has 1 aromatic carbocycles. The Bertz CT molecular complexity index is 689. The Balaban J connectivity index is 0.000000470. The van der Waals surface area contributed by atoms with Gasteiger partial charge < -0.3 is 30.8 Å². The number of carboxylic acid groups (broad SMARTS) is 3. The van der Waals surface area contributed by atoms with E-state index in [0.717, 1.165) is 6.07 Å². The maximum Gasteiger partial charge on any atom is 0.375 e. The van der Waals surface area contributed by atoms with Crippen LogP contribution in [0.4, 0.5) is 10.1 Å². The number of amides is 1. The lowest BCUT2D eigenvalue weighted by Crippen LogP contribution is -2.10. The van der Waals surface area contributed by atoms with Gasteiger partial charge in [-0.1, -0.05) is 0 Å². The normalized spacial score (nSPS) is 10.6. The number of carbonyl (C=O) groups excluding carboxylic acids is 1. The number of rotatable bonds is 4. The van der Waals surface area contributed by atoms with Crippen molar-refractivity contribution in [2.24, 2.45) is 0 Å². The Labute approximate surface area is 133 Å². The summed E-state index contributed by atoms with van der Waals surface area (Å²) in [5.74, 6) is -9.31. The Morgan fingerprint density at radius 2 is 1.38 bits per heavy atom. The molecule has 1 aromatic rings. The van der Waals surface area contributed by atoms with Gasteiger partial charge in [-0.05, 0) is 18.2 Å². The second kappa shape index (κ2) is 8.73. The molecule has 24 heavy (non-hydrogen) atoms. The Hall–Kier alpha value is -3.63. The van der Waals surface area contributed by atoms with Gasteiger partial charge in [-0.2, -0.15) is 0 Å². The third kappa shape index (κ3) is 6.43. The molecule has 11 heteroatoms. The summed E-state index contributed by atoms with van der Waals surface area (Å²) in [7, 11) is 0. The van der Waals surface area contributed by atoms with Crippen LogP contribution in [0.25, 0.3) is 0 Å². The van der Waals surface area contributed by atoms with Crippen LogP contribution >= 0.6 is 0 Å². The van der Waals surface area contributed by atoms with Crippen LogP contribution in [0.1, 0.15) is 17.3 Å². The molecular formula is C13H12FNO9. The second-order valence-electron chi connectivity index (χ2n) is 3.99.